The molecule has 1 saturated carbocycles. The Labute approximate surface area is 114 Å². The molecule has 0 radical (unpaired) electrons. The lowest BCUT2D eigenvalue weighted by atomic mass is 10.0. The molecule has 0 bridgehead atoms. The fourth-order valence-electron chi connectivity index (χ4n) is 2.85. The van der Waals surface area contributed by atoms with Crippen LogP contribution in [-0.2, 0) is 0 Å². The van der Waals surface area contributed by atoms with Crippen LogP contribution in [0.15, 0.2) is 54.6 Å². The summed E-state index contributed by atoms with van der Waals surface area (Å²) in [5.74, 6) is 0. The lowest BCUT2D eigenvalue weighted by molar-refractivity contribution is 0.688. The fraction of sp³-hybridized carbons (Fsp3) is 0.294. The van der Waals surface area contributed by atoms with Crippen LogP contribution in [0.2, 0.25) is 0 Å². The number of nitrogens with two attached hydrogens (primary N) is 1. The van der Waals surface area contributed by atoms with Crippen LogP contribution in [0.1, 0.15) is 19.3 Å². The number of hydrogen-bond acceptors (Lipinski definition) is 2. The Bertz CT molecular complexity index is 536. The molecule has 3 rings (SSSR count). The molecular weight excluding hydrogens is 232 g/mol. The zero-order chi connectivity index (χ0) is 13.1. The summed E-state index contributed by atoms with van der Waals surface area (Å²) in [7, 11) is 0. The minimum atomic E-state index is 0.362. The van der Waals surface area contributed by atoms with Crippen LogP contribution in [-0.4, -0.2) is 12.1 Å². The van der Waals surface area contributed by atoms with E-state index in [1.807, 2.05) is 0 Å². The summed E-state index contributed by atoms with van der Waals surface area (Å²) in [6.07, 6.45) is 3.37. The van der Waals surface area contributed by atoms with Crippen LogP contribution in [0, 0.1) is 0 Å². The number of anilines is 1. The number of rotatable bonds is 3. The van der Waals surface area contributed by atoms with Crippen molar-refractivity contribution in [1.82, 2.24) is 0 Å². The molecule has 0 saturated heterocycles. The van der Waals surface area contributed by atoms with Gasteiger partial charge in [-0.3, -0.25) is 0 Å². The maximum atomic E-state index is 5.99. The van der Waals surface area contributed by atoms with Crippen molar-refractivity contribution in [2.45, 2.75) is 31.3 Å². The predicted octanol–water partition coefficient (Wildman–Crippen LogP) is 3.65. The number of para-hydroxylation sites is 1. The SMILES string of the molecule is NC1CCC(Nc2ccccc2-c2ccccc2)C1. The second-order valence-electron chi connectivity index (χ2n) is 5.33. The molecule has 2 aromatic carbocycles. The zero-order valence-corrected chi connectivity index (χ0v) is 11.0. The molecule has 19 heavy (non-hydrogen) atoms. The Balaban J connectivity index is 1.86. The standard InChI is InChI=1S/C17H20N2/c18-14-10-11-15(12-14)19-17-9-5-4-8-16(17)13-6-2-1-3-7-13/h1-9,14-15,19H,10-12,18H2. The molecule has 2 aromatic rings. The topological polar surface area (TPSA) is 38.0 Å². The average Bonchev–Trinajstić information content (AvgIpc) is 2.86. The Kier molecular flexibility index (Phi) is 3.51. The number of hydrogen-bond donors (Lipinski definition) is 2. The third kappa shape index (κ3) is 2.79. The van der Waals surface area contributed by atoms with Crippen LogP contribution in [0.5, 0.6) is 0 Å². The molecule has 2 heteroatoms. The van der Waals surface area contributed by atoms with Crippen LogP contribution in [0.3, 0.4) is 0 Å². The maximum Gasteiger partial charge on any atom is 0.0422 e. The first kappa shape index (κ1) is 12.2. The van der Waals surface area contributed by atoms with E-state index in [-0.39, 0.29) is 0 Å². The van der Waals surface area contributed by atoms with Crippen molar-refractivity contribution in [2.75, 3.05) is 5.32 Å². The molecule has 1 aliphatic rings. The lowest BCUT2D eigenvalue weighted by Crippen LogP contribution is -2.20. The molecule has 2 nitrogen and oxygen atoms in total. The Morgan fingerprint density at radius 2 is 1.63 bits per heavy atom. The Morgan fingerprint density at radius 1 is 0.895 bits per heavy atom. The Morgan fingerprint density at radius 3 is 2.37 bits per heavy atom. The summed E-state index contributed by atoms with van der Waals surface area (Å²) < 4.78 is 0. The quantitative estimate of drug-likeness (QED) is 0.875. The molecule has 98 valence electrons. The van der Waals surface area contributed by atoms with Gasteiger partial charge in [0.1, 0.15) is 0 Å². The maximum absolute atomic E-state index is 5.99. The monoisotopic (exact) mass is 252 g/mol. The molecule has 0 aliphatic heterocycles. The van der Waals surface area contributed by atoms with Crippen LogP contribution in [0.4, 0.5) is 5.69 Å². The van der Waals surface area contributed by atoms with Gasteiger partial charge in [0.2, 0.25) is 0 Å². The van der Waals surface area contributed by atoms with E-state index in [2.05, 4.69) is 59.9 Å². The molecule has 0 spiro atoms. The van der Waals surface area contributed by atoms with E-state index in [9.17, 15) is 0 Å². The van der Waals surface area contributed by atoms with Gasteiger partial charge in [0, 0.05) is 23.3 Å². The lowest BCUT2D eigenvalue weighted by Gasteiger charge is -2.17. The van der Waals surface area contributed by atoms with Gasteiger partial charge in [0.15, 0.2) is 0 Å². The van der Waals surface area contributed by atoms with Crippen LogP contribution >= 0.6 is 0 Å². The van der Waals surface area contributed by atoms with Gasteiger partial charge < -0.3 is 11.1 Å². The van der Waals surface area contributed by atoms with E-state index < -0.39 is 0 Å². The number of nitrogens with one attached hydrogen (secondary N) is 1. The molecule has 0 aromatic heterocycles. The summed E-state index contributed by atoms with van der Waals surface area (Å²) in [4.78, 5) is 0. The first-order valence-electron chi connectivity index (χ1n) is 6.99. The van der Waals surface area contributed by atoms with E-state index in [1.165, 1.54) is 23.2 Å². The molecular formula is C17H20N2. The van der Waals surface area contributed by atoms with E-state index in [0.717, 1.165) is 12.8 Å². The van der Waals surface area contributed by atoms with Crippen LogP contribution in [0.25, 0.3) is 11.1 Å². The van der Waals surface area contributed by atoms with Gasteiger partial charge in [0.05, 0.1) is 0 Å². The van der Waals surface area contributed by atoms with Crippen molar-refractivity contribution in [1.29, 1.82) is 0 Å². The first-order valence-corrected chi connectivity index (χ1v) is 6.99. The highest BCUT2D eigenvalue weighted by molar-refractivity contribution is 5.77. The summed E-state index contributed by atoms with van der Waals surface area (Å²) in [5.41, 5.74) is 9.73. The second kappa shape index (κ2) is 5.45. The summed E-state index contributed by atoms with van der Waals surface area (Å²) >= 11 is 0. The largest absolute Gasteiger partial charge is 0.382 e. The first-order chi connectivity index (χ1) is 9.33. The normalized spacial score (nSPS) is 22.4. The average molecular weight is 252 g/mol. The zero-order valence-electron chi connectivity index (χ0n) is 11.0. The molecule has 1 aliphatic carbocycles. The third-order valence-electron chi connectivity index (χ3n) is 3.84. The predicted molar refractivity (Wildman–Crippen MR) is 81.1 cm³/mol. The molecule has 2 unspecified atom stereocenters. The van der Waals surface area contributed by atoms with Crippen molar-refractivity contribution < 1.29 is 0 Å². The summed E-state index contributed by atoms with van der Waals surface area (Å²) in [6.45, 7) is 0. The van der Waals surface area contributed by atoms with Crippen molar-refractivity contribution >= 4 is 5.69 Å². The molecule has 2 atom stereocenters. The summed E-state index contributed by atoms with van der Waals surface area (Å²) in [6, 6.07) is 19.9. The van der Waals surface area contributed by atoms with Crippen molar-refractivity contribution in [3.8, 4) is 11.1 Å². The van der Waals surface area contributed by atoms with Gasteiger partial charge in [-0.1, -0.05) is 48.5 Å². The Hall–Kier alpha value is -1.80. The van der Waals surface area contributed by atoms with Gasteiger partial charge in [0.25, 0.3) is 0 Å². The van der Waals surface area contributed by atoms with Gasteiger partial charge in [-0.2, -0.15) is 0 Å². The molecule has 0 heterocycles. The molecule has 1 fully saturated rings. The van der Waals surface area contributed by atoms with Gasteiger partial charge in [-0.25, -0.2) is 0 Å². The molecule has 3 N–H and O–H groups in total. The second-order valence-corrected chi connectivity index (χ2v) is 5.33. The van der Waals surface area contributed by atoms with E-state index in [1.54, 1.807) is 0 Å². The van der Waals surface area contributed by atoms with Gasteiger partial charge in [-0.15, -0.1) is 0 Å². The minimum absolute atomic E-state index is 0.362. The van der Waals surface area contributed by atoms with E-state index in [0.29, 0.717) is 12.1 Å². The smallest absolute Gasteiger partial charge is 0.0422 e. The highest BCUT2D eigenvalue weighted by Gasteiger charge is 2.22. The highest BCUT2D eigenvalue weighted by Crippen LogP contribution is 2.30. The van der Waals surface area contributed by atoms with E-state index >= 15 is 0 Å². The van der Waals surface area contributed by atoms with Crippen molar-refractivity contribution in [3.63, 3.8) is 0 Å². The van der Waals surface area contributed by atoms with Crippen LogP contribution < -0.4 is 11.1 Å². The fourth-order valence-corrected chi connectivity index (χ4v) is 2.85. The minimum Gasteiger partial charge on any atom is -0.382 e. The van der Waals surface area contributed by atoms with Gasteiger partial charge in [-0.05, 0) is 30.9 Å². The van der Waals surface area contributed by atoms with Crippen molar-refractivity contribution in [2.24, 2.45) is 5.73 Å². The van der Waals surface area contributed by atoms with Gasteiger partial charge >= 0.3 is 0 Å². The van der Waals surface area contributed by atoms with E-state index in [4.69, 9.17) is 5.73 Å². The summed E-state index contributed by atoms with van der Waals surface area (Å²) in [5, 5.41) is 3.66. The third-order valence-corrected chi connectivity index (χ3v) is 3.84. The number of benzene rings is 2. The molecule has 0 amide bonds. The van der Waals surface area contributed by atoms with Crippen molar-refractivity contribution in [3.05, 3.63) is 54.6 Å². The highest BCUT2D eigenvalue weighted by atomic mass is 14.9.